The average molecular weight is 234 g/mol. The lowest BCUT2D eigenvalue weighted by molar-refractivity contribution is 0.473. The number of hydrogen-bond donors (Lipinski definition) is 1. The Morgan fingerprint density at radius 2 is 2.00 bits per heavy atom. The number of aryl methyl sites for hydroxylation is 1. The van der Waals surface area contributed by atoms with Gasteiger partial charge in [-0.25, -0.2) is 4.98 Å². The summed E-state index contributed by atoms with van der Waals surface area (Å²) in [6, 6.07) is 12.2. The number of aromatic nitrogens is 1. The van der Waals surface area contributed by atoms with Gasteiger partial charge in [-0.15, -0.1) is 0 Å². The molecule has 0 saturated carbocycles. The fourth-order valence-corrected chi connectivity index (χ4v) is 1.45. The van der Waals surface area contributed by atoms with Gasteiger partial charge >= 0.3 is 0 Å². The van der Waals surface area contributed by atoms with Crippen LogP contribution in [0.1, 0.15) is 22.5 Å². The van der Waals surface area contributed by atoms with E-state index in [2.05, 4.69) is 16.8 Å². The lowest BCUT2D eigenvalue weighted by Gasteiger charge is -1.96. The van der Waals surface area contributed by atoms with Crippen LogP contribution >= 0.6 is 0 Å². The van der Waals surface area contributed by atoms with Crippen LogP contribution in [0.3, 0.4) is 0 Å². The van der Waals surface area contributed by atoms with Crippen LogP contribution < -0.4 is 0 Å². The monoisotopic (exact) mass is 234 g/mol. The van der Waals surface area contributed by atoms with Gasteiger partial charge in [-0.1, -0.05) is 12.0 Å². The van der Waals surface area contributed by atoms with Crippen LogP contribution in [0, 0.1) is 30.1 Å². The van der Waals surface area contributed by atoms with Gasteiger partial charge in [0.25, 0.3) is 0 Å². The largest absolute Gasteiger partial charge is 0.507 e. The van der Waals surface area contributed by atoms with Crippen molar-refractivity contribution >= 4 is 0 Å². The fourth-order valence-electron chi connectivity index (χ4n) is 1.45. The van der Waals surface area contributed by atoms with Gasteiger partial charge in [0, 0.05) is 11.3 Å². The first-order valence-electron chi connectivity index (χ1n) is 5.38. The second-order valence-electron chi connectivity index (χ2n) is 3.76. The number of nitrogens with zero attached hydrogens (tertiary/aromatic N) is 2. The van der Waals surface area contributed by atoms with Crippen LogP contribution in [0.15, 0.2) is 36.4 Å². The molecular weight excluding hydrogens is 224 g/mol. The van der Waals surface area contributed by atoms with Crippen molar-refractivity contribution in [3.05, 3.63) is 58.9 Å². The van der Waals surface area contributed by atoms with Crippen LogP contribution in [0.5, 0.6) is 5.75 Å². The molecule has 0 saturated heterocycles. The molecule has 0 aliphatic heterocycles. The minimum Gasteiger partial charge on any atom is -0.507 e. The van der Waals surface area contributed by atoms with Gasteiger partial charge in [-0.2, -0.15) is 5.26 Å². The lowest BCUT2D eigenvalue weighted by atomic mass is 10.1. The van der Waals surface area contributed by atoms with Crippen LogP contribution in [-0.2, 0) is 0 Å². The molecule has 3 heteroatoms. The smallest absolute Gasteiger partial charge is 0.133 e. The Kier molecular flexibility index (Phi) is 3.27. The SMILES string of the molecule is Cc1cccc(C#Cc2ccc(O)c(C#N)c2)n1. The van der Waals surface area contributed by atoms with Gasteiger partial charge in [-0.3, -0.25) is 0 Å². The van der Waals surface area contributed by atoms with E-state index in [-0.39, 0.29) is 11.3 Å². The molecule has 3 nitrogen and oxygen atoms in total. The molecular formula is C15H10N2O. The second-order valence-corrected chi connectivity index (χ2v) is 3.76. The Hall–Kier alpha value is -2.78. The molecule has 2 aromatic rings. The third-order valence-electron chi connectivity index (χ3n) is 2.34. The Balaban J connectivity index is 2.33. The van der Waals surface area contributed by atoms with Crippen molar-refractivity contribution in [2.75, 3.05) is 0 Å². The van der Waals surface area contributed by atoms with Crippen LogP contribution in [0.25, 0.3) is 0 Å². The summed E-state index contributed by atoms with van der Waals surface area (Å²) < 4.78 is 0. The zero-order chi connectivity index (χ0) is 13.0. The molecule has 1 aromatic carbocycles. The van der Waals surface area contributed by atoms with Gasteiger partial charge in [-0.05, 0) is 43.2 Å². The number of phenols is 1. The summed E-state index contributed by atoms with van der Waals surface area (Å²) >= 11 is 0. The number of aromatic hydroxyl groups is 1. The predicted molar refractivity (Wildman–Crippen MR) is 67.8 cm³/mol. The second kappa shape index (κ2) is 5.03. The van der Waals surface area contributed by atoms with Crippen molar-refractivity contribution in [1.29, 1.82) is 5.26 Å². The number of nitriles is 1. The van der Waals surface area contributed by atoms with Crippen molar-refractivity contribution in [3.8, 4) is 23.7 Å². The van der Waals surface area contributed by atoms with Gasteiger partial charge in [0.1, 0.15) is 17.5 Å². The highest BCUT2D eigenvalue weighted by Gasteiger charge is 1.99. The highest BCUT2D eigenvalue weighted by atomic mass is 16.3. The normalized spacial score (nSPS) is 9.11. The number of phenolic OH excluding ortho intramolecular Hbond substituents is 1. The molecule has 2 rings (SSSR count). The minimum absolute atomic E-state index is 0.0308. The average Bonchev–Trinajstić information content (AvgIpc) is 2.38. The molecule has 0 fully saturated rings. The van der Waals surface area contributed by atoms with Gasteiger partial charge < -0.3 is 5.11 Å². The Morgan fingerprint density at radius 1 is 1.17 bits per heavy atom. The highest BCUT2D eigenvalue weighted by molar-refractivity contribution is 5.50. The summed E-state index contributed by atoms with van der Waals surface area (Å²) in [7, 11) is 0. The zero-order valence-corrected chi connectivity index (χ0v) is 9.81. The van der Waals surface area contributed by atoms with E-state index in [1.807, 2.05) is 31.2 Å². The molecule has 0 aliphatic carbocycles. The molecule has 1 aromatic heterocycles. The van der Waals surface area contributed by atoms with Gasteiger partial charge in [0.2, 0.25) is 0 Å². The summed E-state index contributed by atoms with van der Waals surface area (Å²) in [6.45, 7) is 1.90. The summed E-state index contributed by atoms with van der Waals surface area (Å²) in [5.74, 6) is 5.80. The van der Waals surface area contributed by atoms with E-state index in [1.54, 1.807) is 12.1 Å². The van der Waals surface area contributed by atoms with E-state index in [4.69, 9.17) is 5.26 Å². The number of rotatable bonds is 0. The molecule has 1 N–H and O–H groups in total. The summed E-state index contributed by atoms with van der Waals surface area (Å²) in [6.07, 6.45) is 0. The Labute approximate surface area is 105 Å². The first-order valence-corrected chi connectivity index (χ1v) is 5.38. The molecule has 0 bridgehead atoms. The highest BCUT2D eigenvalue weighted by Crippen LogP contribution is 2.16. The van der Waals surface area contributed by atoms with E-state index in [0.717, 1.165) is 5.69 Å². The van der Waals surface area contributed by atoms with Gasteiger partial charge in [0.05, 0.1) is 5.56 Å². The van der Waals surface area contributed by atoms with Crippen LogP contribution in [0.2, 0.25) is 0 Å². The maximum absolute atomic E-state index is 9.37. The minimum atomic E-state index is -0.0308. The third-order valence-corrected chi connectivity index (χ3v) is 2.34. The summed E-state index contributed by atoms with van der Waals surface area (Å²) in [5, 5.41) is 18.2. The Bertz CT molecular complexity index is 688. The molecule has 0 aliphatic rings. The lowest BCUT2D eigenvalue weighted by Crippen LogP contribution is -1.85. The van der Waals surface area contributed by atoms with Crippen LogP contribution in [0.4, 0.5) is 0 Å². The first kappa shape index (κ1) is 11.7. The topological polar surface area (TPSA) is 56.9 Å². The molecule has 0 spiro atoms. The number of benzene rings is 1. The first-order chi connectivity index (χ1) is 8.69. The number of pyridine rings is 1. The quantitative estimate of drug-likeness (QED) is 0.712. The van der Waals surface area contributed by atoms with Crippen molar-refractivity contribution < 1.29 is 5.11 Å². The molecule has 0 radical (unpaired) electrons. The summed E-state index contributed by atoms with van der Waals surface area (Å²) in [5.41, 5.74) is 2.48. The standard InChI is InChI=1S/C15H10N2O/c1-11-3-2-4-14(17-11)7-5-12-6-8-15(18)13(9-12)10-16/h2-4,6,8-9,18H,1H3. The van der Waals surface area contributed by atoms with Crippen LogP contribution in [-0.4, -0.2) is 10.1 Å². The maximum atomic E-state index is 9.37. The van der Waals surface area contributed by atoms with E-state index < -0.39 is 0 Å². The fraction of sp³-hybridized carbons (Fsp3) is 0.0667. The van der Waals surface area contributed by atoms with E-state index >= 15 is 0 Å². The maximum Gasteiger partial charge on any atom is 0.133 e. The summed E-state index contributed by atoms with van der Waals surface area (Å²) in [4.78, 5) is 4.26. The van der Waals surface area contributed by atoms with E-state index in [1.165, 1.54) is 6.07 Å². The van der Waals surface area contributed by atoms with Gasteiger partial charge in [0.15, 0.2) is 0 Å². The van der Waals surface area contributed by atoms with E-state index in [0.29, 0.717) is 11.3 Å². The van der Waals surface area contributed by atoms with E-state index in [9.17, 15) is 5.11 Å². The molecule has 86 valence electrons. The molecule has 18 heavy (non-hydrogen) atoms. The number of hydrogen-bond acceptors (Lipinski definition) is 3. The third kappa shape index (κ3) is 2.66. The Morgan fingerprint density at radius 3 is 2.72 bits per heavy atom. The predicted octanol–water partition coefficient (Wildman–Crippen LogP) is 2.37. The molecule has 1 heterocycles. The zero-order valence-electron chi connectivity index (χ0n) is 9.81. The molecule has 0 amide bonds. The van der Waals surface area contributed by atoms with Crippen molar-refractivity contribution in [3.63, 3.8) is 0 Å². The van der Waals surface area contributed by atoms with Crippen molar-refractivity contribution in [2.24, 2.45) is 0 Å². The van der Waals surface area contributed by atoms with Crippen molar-refractivity contribution in [1.82, 2.24) is 4.98 Å². The van der Waals surface area contributed by atoms with Crippen molar-refractivity contribution in [2.45, 2.75) is 6.92 Å². The molecule has 0 atom stereocenters. The molecule has 0 unspecified atom stereocenters.